The summed E-state index contributed by atoms with van der Waals surface area (Å²) in [5, 5.41) is 10.2. The Bertz CT molecular complexity index is 513. The summed E-state index contributed by atoms with van der Waals surface area (Å²) in [6.45, 7) is 2.34. The Hall–Kier alpha value is -1.19. The molecule has 0 aliphatic heterocycles. The summed E-state index contributed by atoms with van der Waals surface area (Å²) >= 11 is 1.36. The van der Waals surface area contributed by atoms with Crippen molar-refractivity contribution in [1.82, 2.24) is 4.98 Å². The van der Waals surface area contributed by atoms with Gasteiger partial charge in [0.15, 0.2) is 5.13 Å². The highest BCUT2D eigenvalue weighted by atomic mass is 32.2. The summed E-state index contributed by atoms with van der Waals surface area (Å²) < 4.78 is 26.3. The molecular formula is C10H17N3O4S2. The van der Waals surface area contributed by atoms with Crippen LogP contribution in [0.3, 0.4) is 0 Å². The average Bonchev–Trinajstić information content (AvgIpc) is 2.73. The van der Waals surface area contributed by atoms with Crippen LogP contribution in [0.25, 0.3) is 0 Å². The Morgan fingerprint density at radius 3 is 2.95 bits per heavy atom. The highest BCUT2D eigenvalue weighted by Crippen LogP contribution is 2.16. The molecule has 0 radical (unpaired) electrons. The van der Waals surface area contributed by atoms with Gasteiger partial charge in [-0.2, -0.15) is 0 Å². The van der Waals surface area contributed by atoms with Crippen LogP contribution in [0, 0.1) is 0 Å². The minimum Gasteiger partial charge on any atom is -0.466 e. The van der Waals surface area contributed by atoms with Crippen LogP contribution in [0.2, 0.25) is 0 Å². The second-order valence-electron chi connectivity index (χ2n) is 3.74. The quantitative estimate of drug-likeness (QED) is 0.670. The van der Waals surface area contributed by atoms with Gasteiger partial charge in [-0.3, -0.25) is 4.79 Å². The van der Waals surface area contributed by atoms with Crippen molar-refractivity contribution < 1.29 is 17.9 Å². The zero-order chi connectivity index (χ0) is 14.3. The standard InChI is InChI=1S/C10H17N3O4S2/c1-2-17-9(14)4-3-8-7-18-10(13-8)12-5-6-19(11,15)16/h7H,2-6H2,1H3,(H,12,13)(H2,11,15,16). The number of primary sulfonamides is 1. The predicted octanol–water partition coefficient (Wildman–Crippen LogP) is 0.339. The van der Waals surface area contributed by atoms with Crippen molar-refractivity contribution in [3.63, 3.8) is 0 Å². The van der Waals surface area contributed by atoms with Crippen molar-refractivity contribution in [2.75, 3.05) is 24.2 Å². The number of hydrogen-bond acceptors (Lipinski definition) is 7. The van der Waals surface area contributed by atoms with Gasteiger partial charge >= 0.3 is 5.97 Å². The van der Waals surface area contributed by atoms with Gasteiger partial charge < -0.3 is 10.1 Å². The van der Waals surface area contributed by atoms with Crippen LogP contribution in [-0.4, -0.2) is 38.3 Å². The topological polar surface area (TPSA) is 111 Å². The zero-order valence-corrected chi connectivity index (χ0v) is 12.2. The molecule has 19 heavy (non-hydrogen) atoms. The van der Waals surface area contributed by atoms with Crippen LogP contribution in [0.15, 0.2) is 5.38 Å². The van der Waals surface area contributed by atoms with Crippen molar-refractivity contribution in [2.45, 2.75) is 19.8 Å². The Morgan fingerprint density at radius 1 is 1.58 bits per heavy atom. The molecule has 7 nitrogen and oxygen atoms in total. The van der Waals surface area contributed by atoms with Crippen molar-refractivity contribution in [1.29, 1.82) is 0 Å². The van der Waals surface area contributed by atoms with Crippen LogP contribution in [-0.2, 0) is 26.0 Å². The lowest BCUT2D eigenvalue weighted by molar-refractivity contribution is -0.143. The molecule has 9 heteroatoms. The number of aromatic nitrogens is 1. The van der Waals surface area contributed by atoms with Gasteiger partial charge in [0.25, 0.3) is 0 Å². The molecule has 0 aliphatic carbocycles. The number of ether oxygens (including phenoxy) is 1. The number of sulfonamides is 1. The van der Waals surface area contributed by atoms with Crippen LogP contribution in [0.5, 0.6) is 0 Å². The summed E-state index contributed by atoms with van der Waals surface area (Å²) in [7, 11) is -3.46. The fraction of sp³-hybridized carbons (Fsp3) is 0.600. The number of thiazole rings is 1. The normalized spacial score (nSPS) is 11.3. The molecule has 0 fully saturated rings. The predicted molar refractivity (Wildman–Crippen MR) is 73.5 cm³/mol. The Labute approximate surface area is 116 Å². The third-order valence-corrected chi connectivity index (χ3v) is 3.73. The molecule has 1 aromatic heterocycles. The second-order valence-corrected chi connectivity index (χ2v) is 6.33. The molecule has 3 N–H and O–H groups in total. The largest absolute Gasteiger partial charge is 0.466 e. The number of rotatable bonds is 8. The number of carbonyl (C=O) groups is 1. The van der Waals surface area contributed by atoms with Gasteiger partial charge in [0, 0.05) is 18.3 Å². The number of anilines is 1. The van der Waals surface area contributed by atoms with E-state index in [1.807, 2.05) is 5.38 Å². The Balaban J connectivity index is 2.34. The van der Waals surface area contributed by atoms with Gasteiger partial charge in [0.05, 0.1) is 24.5 Å². The third kappa shape index (κ3) is 7.09. The second kappa shape index (κ2) is 7.41. The highest BCUT2D eigenvalue weighted by molar-refractivity contribution is 7.89. The SMILES string of the molecule is CCOC(=O)CCc1csc(NCCS(N)(=O)=O)n1. The molecule has 0 aromatic carbocycles. The molecule has 0 saturated heterocycles. The third-order valence-electron chi connectivity index (χ3n) is 2.11. The number of aryl methyl sites for hydroxylation is 1. The van der Waals surface area contributed by atoms with Crippen molar-refractivity contribution in [3.05, 3.63) is 11.1 Å². The molecule has 0 spiro atoms. The summed E-state index contributed by atoms with van der Waals surface area (Å²) in [5.41, 5.74) is 0.774. The van der Waals surface area contributed by atoms with Gasteiger partial charge in [0.1, 0.15) is 0 Å². The van der Waals surface area contributed by atoms with E-state index >= 15 is 0 Å². The first-order valence-electron chi connectivity index (χ1n) is 5.75. The number of carbonyl (C=O) groups excluding carboxylic acids is 1. The number of esters is 1. The molecule has 0 amide bonds. The molecule has 0 atom stereocenters. The zero-order valence-electron chi connectivity index (χ0n) is 10.6. The van der Waals surface area contributed by atoms with Gasteiger partial charge in [0.2, 0.25) is 10.0 Å². The Kier molecular flexibility index (Phi) is 6.19. The van der Waals surface area contributed by atoms with Crippen LogP contribution in [0.1, 0.15) is 19.0 Å². The van der Waals surface area contributed by atoms with Crippen LogP contribution >= 0.6 is 11.3 Å². The summed E-state index contributed by atoms with van der Waals surface area (Å²) in [5.74, 6) is -0.399. The van der Waals surface area contributed by atoms with Crippen molar-refractivity contribution in [2.24, 2.45) is 5.14 Å². The molecule has 0 saturated carbocycles. The van der Waals surface area contributed by atoms with E-state index in [1.54, 1.807) is 6.92 Å². The average molecular weight is 307 g/mol. The van der Waals surface area contributed by atoms with E-state index < -0.39 is 10.0 Å². The summed E-state index contributed by atoms with van der Waals surface area (Å²) in [6, 6.07) is 0. The van der Waals surface area contributed by atoms with Crippen molar-refractivity contribution >= 4 is 32.5 Å². The summed E-state index contributed by atoms with van der Waals surface area (Å²) in [4.78, 5) is 15.4. The minimum atomic E-state index is -3.46. The van der Waals surface area contributed by atoms with Gasteiger partial charge in [-0.05, 0) is 6.92 Å². The number of hydrogen-bond donors (Lipinski definition) is 2. The number of nitrogens with one attached hydrogen (secondary N) is 1. The number of nitrogens with zero attached hydrogens (tertiary/aromatic N) is 1. The maximum Gasteiger partial charge on any atom is 0.306 e. The fourth-order valence-corrected chi connectivity index (χ4v) is 2.43. The first kappa shape index (κ1) is 15.9. The lowest BCUT2D eigenvalue weighted by Gasteiger charge is -2.01. The lowest BCUT2D eigenvalue weighted by Crippen LogP contribution is -2.22. The molecule has 1 rings (SSSR count). The van der Waals surface area contributed by atoms with Crippen molar-refractivity contribution in [3.8, 4) is 0 Å². The molecule has 108 valence electrons. The lowest BCUT2D eigenvalue weighted by atomic mass is 10.2. The highest BCUT2D eigenvalue weighted by Gasteiger charge is 2.07. The van der Waals surface area contributed by atoms with E-state index in [2.05, 4.69) is 10.3 Å². The minimum absolute atomic E-state index is 0.148. The van der Waals surface area contributed by atoms with Gasteiger partial charge in [-0.1, -0.05) is 0 Å². The maximum absolute atomic E-state index is 11.2. The smallest absolute Gasteiger partial charge is 0.306 e. The van der Waals surface area contributed by atoms with E-state index in [-0.39, 0.29) is 24.7 Å². The van der Waals surface area contributed by atoms with Crippen LogP contribution < -0.4 is 10.5 Å². The van der Waals surface area contributed by atoms with E-state index in [1.165, 1.54) is 11.3 Å². The fourth-order valence-electron chi connectivity index (χ4n) is 1.27. The van der Waals surface area contributed by atoms with Crippen LogP contribution in [0.4, 0.5) is 5.13 Å². The molecule has 0 bridgehead atoms. The van der Waals surface area contributed by atoms with E-state index in [0.717, 1.165) is 5.69 Å². The molecule has 1 aromatic rings. The number of nitrogens with two attached hydrogens (primary N) is 1. The molecule has 1 heterocycles. The Morgan fingerprint density at radius 2 is 2.32 bits per heavy atom. The van der Waals surface area contributed by atoms with Gasteiger partial charge in [-0.15, -0.1) is 11.3 Å². The van der Waals surface area contributed by atoms with Gasteiger partial charge in [-0.25, -0.2) is 18.5 Å². The van der Waals surface area contributed by atoms with E-state index in [0.29, 0.717) is 18.2 Å². The molecule has 0 unspecified atom stereocenters. The monoisotopic (exact) mass is 307 g/mol. The molecule has 0 aliphatic rings. The summed E-state index contributed by atoms with van der Waals surface area (Å²) in [6.07, 6.45) is 0.792. The maximum atomic E-state index is 11.2. The first-order chi connectivity index (χ1) is 8.90. The molecular weight excluding hydrogens is 290 g/mol. The van der Waals surface area contributed by atoms with E-state index in [9.17, 15) is 13.2 Å². The first-order valence-corrected chi connectivity index (χ1v) is 8.34. The van der Waals surface area contributed by atoms with E-state index in [4.69, 9.17) is 9.88 Å².